The van der Waals surface area contributed by atoms with Crippen LogP contribution in [0.5, 0.6) is 0 Å². The SMILES string of the molecule is CNc1ccccc1C(=O)N1CC(CO)OCC1C. The largest absolute Gasteiger partial charge is 0.394 e. The van der Waals surface area contributed by atoms with Crippen molar-refractivity contribution in [3.63, 3.8) is 0 Å². The number of hydrogen-bond donors (Lipinski definition) is 2. The average molecular weight is 264 g/mol. The standard InChI is InChI=1S/C14H20N2O3/c1-10-9-19-11(8-17)7-16(10)14(18)12-5-3-4-6-13(12)15-2/h3-6,10-11,15,17H,7-9H2,1-2H3. The van der Waals surface area contributed by atoms with E-state index in [9.17, 15) is 9.90 Å². The molecule has 19 heavy (non-hydrogen) atoms. The summed E-state index contributed by atoms with van der Waals surface area (Å²) in [5, 5.41) is 12.2. The first-order valence-corrected chi connectivity index (χ1v) is 6.47. The van der Waals surface area contributed by atoms with E-state index in [0.29, 0.717) is 18.7 Å². The minimum atomic E-state index is -0.290. The van der Waals surface area contributed by atoms with Crippen LogP contribution in [-0.2, 0) is 4.74 Å². The predicted octanol–water partition coefficient (Wildman–Crippen LogP) is 0.950. The molecule has 2 atom stereocenters. The lowest BCUT2D eigenvalue weighted by molar-refractivity contribution is -0.0667. The highest BCUT2D eigenvalue weighted by molar-refractivity contribution is 5.99. The van der Waals surface area contributed by atoms with E-state index in [4.69, 9.17) is 4.74 Å². The summed E-state index contributed by atoms with van der Waals surface area (Å²) in [5.41, 5.74) is 1.46. The molecule has 5 nitrogen and oxygen atoms in total. The van der Waals surface area contributed by atoms with Crippen LogP contribution in [0, 0.1) is 0 Å². The summed E-state index contributed by atoms with van der Waals surface area (Å²) in [5.74, 6) is -0.0285. The molecular weight excluding hydrogens is 244 g/mol. The van der Waals surface area contributed by atoms with Crippen molar-refractivity contribution in [2.24, 2.45) is 0 Å². The molecule has 5 heteroatoms. The first-order valence-electron chi connectivity index (χ1n) is 6.47. The number of amides is 1. The first kappa shape index (κ1) is 13.8. The van der Waals surface area contributed by atoms with E-state index < -0.39 is 0 Å². The van der Waals surface area contributed by atoms with Crippen LogP contribution in [0.15, 0.2) is 24.3 Å². The molecule has 0 spiro atoms. The number of carbonyl (C=O) groups is 1. The summed E-state index contributed by atoms with van der Waals surface area (Å²) in [7, 11) is 1.80. The van der Waals surface area contributed by atoms with Crippen molar-refractivity contribution < 1.29 is 14.6 Å². The Morgan fingerprint density at radius 2 is 2.26 bits per heavy atom. The number of para-hydroxylation sites is 1. The Kier molecular flexibility index (Phi) is 4.39. The van der Waals surface area contributed by atoms with Crippen LogP contribution >= 0.6 is 0 Å². The van der Waals surface area contributed by atoms with Crippen LogP contribution < -0.4 is 5.32 Å². The summed E-state index contributed by atoms with van der Waals surface area (Å²) in [6.45, 7) is 2.77. The minimum absolute atomic E-state index is 0.0141. The van der Waals surface area contributed by atoms with E-state index >= 15 is 0 Å². The number of morpholine rings is 1. The van der Waals surface area contributed by atoms with Crippen LogP contribution in [0.1, 0.15) is 17.3 Å². The number of aliphatic hydroxyl groups excluding tert-OH is 1. The van der Waals surface area contributed by atoms with E-state index in [1.807, 2.05) is 31.2 Å². The number of nitrogens with zero attached hydrogens (tertiary/aromatic N) is 1. The number of benzene rings is 1. The van der Waals surface area contributed by atoms with Gasteiger partial charge >= 0.3 is 0 Å². The van der Waals surface area contributed by atoms with Gasteiger partial charge < -0.3 is 20.1 Å². The summed E-state index contributed by atoms with van der Waals surface area (Å²) in [6.07, 6.45) is -0.290. The van der Waals surface area contributed by atoms with Crippen molar-refractivity contribution in [3.8, 4) is 0 Å². The van der Waals surface area contributed by atoms with Gasteiger partial charge in [0.05, 0.1) is 30.9 Å². The lowest BCUT2D eigenvalue weighted by Crippen LogP contribution is -2.52. The lowest BCUT2D eigenvalue weighted by Gasteiger charge is -2.37. The Bertz CT molecular complexity index is 450. The molecule has 1 fully saturated rings. The molecule has 0 saturated carbocycles. The Balaban J connectivity index is 2.22. The zero-order valence-corrected chi connectivity index (χ0v) is 11.3. The molecule has 1 aromatic rings. The van der Waals surface area contributed by atoms with Gasteiger partial charge in [0, 0.05) is 19.3 Å². The molecule has 1 aliphatic rings. The molecule has 2 unspecified atom stereocenters. The second-order valence-corrected chi connectivity index (χ2v) is 4.74. The van der Waals surface area contributed by atoms with E-state index in [0.717, 1.165) is 5.69 Å². The van der Waals surface area contributed by atoms with Crippen LogP contribution in [0.3, 0.4) is 0 Å². The fraction of sp³-hybridized carbons (Fsp3) is 0.500. The summed E-state index contributed by atoms with van der Waals surface area (Å²) in [4.78, 5) is 14.4. The third kappa shape index (κ3) is 2.88. The number of ether oxygens (including phenoxy) is 1. The van der Waals surface area contributed by atoms with Gasteiger partial charge in [0.25, 0.3) is 5.91 Å². The highest BCUT2D eigenvalue weighted by atomic mass is 16.5. The molecule has 1 saturated heterocycles. The molecule has 2 N–H and O–H groups in total. The number of hydrogen-bond acceptors (Lipinski definition) is 4. The molecular formula is C14H20N2O3. The average Bonchev–Trinajstić information content (AvgIpc) is 2.47. The quantitative estimate of drug-likeness (QED) is 0.853. The second-order valence-electron chi connectivity index (χ2n) is 4.74. The molecule has 104 valence electrons. The third-order valence-corrected chi connectivity index (χ3v) is 3.40. The maximum atomic E-state index is 12.6. The van der Waals surface area contributed by atoms with Crippen LogP contribution in [0.2, 0.25) is 0 Å². The van der Waals surface area contributed by atoms with Crippen LogP contribution in [0.25, 0.3) is 0 Å². The highest BCUT2D eigenvalue weighted by Gasteiger charge is 2.30. The maximum absolute atomic E-state index is 12.6. The Hall–Kier alpha value is -1.59. The van der Waals surface area contributed by atoms with Gasteiger partial charge in [-0.1, -0.05) is 12.1 Å². The van der Waals surface area contributed by atoms with E-state index in [1.54, 1.807) is 11.9 Å². The third-order valence-electron chi connectivity index (χ3n) is 3.40. The number of rotatable bonds is 3. The highest BCUT2D eigenvalue weighted by Crippen LogP contribution is 2.20. The molecule has 2 rings (SSSR count). The molecule has 1 amide bonds. The Morgan fingerprint density at radius 1 is 1.53 bits per heavy atom. The fourth-order valence-electron chi connectivity index (χ4n) is 2.25. The lowest BCUT2D eigenvalue weighted by atomic mass is 10.1. The van der Waals surface area contributed by atoms with Gasteiger partial charge in [0.2, 0.25) is 0 Å². The van der Waals surface area contributed by atoms with Gasteiger partial charge in [-0.05, 0) is 19.1 Å². The molecule has 1 aromatic carbocycles. The number of carbonyl (C=O) groups excluding carboxylic acids is 1. The van der Waals surface area contributed by atoms with Crippen molar-refractivity contribution in [2.75, 3.05) is 32.1 Å². The van der Waals surface area contributed by atoms with Gasteiger partial charge in [0.15, 0.2) is 0 Å². The zero-order chi connectivity index (χ0) is 13.8. The van der Waals surface area contributed by atoms with Gasteiger partial charge in [0.1, 0.15) is 0 Å². The van der Waals surface area contributed by atoms with Crippen LogP contribution in [-0.4, -0.2) is 54.9 Å². The van der Waals surface area contributed by atoms with Crippen molar-refractivity contribution >= 4 is 11.6 Å². The van der Waals surface area contributed by atoms with E-state index in [1.165, 1.54) is 0 Å². The molecule has 1 aliphatic heterocycles. The Labute approximate surface area is 113 Å². The predicted molar refractivity (Wildman–Crippen MR) is 73.3 cm³/mol. The molecule has 0 bridgehead atoms. The molecule has 1 heterocycles. The number of anilines is 1. The normalized spacial score (nSPS) is 23.2. The van der Waals surface area contributed by atoms with Gasteiger partial charge in [-0.2, -0.15) is 0 Å². The monoisotopic (exact) mass is 264 g/mol. The number of aliphatic hydroxyl groups is 1. The first-order chi connectivity index (χ1) is 9.17. The second kappa shape index (κ2) is 6.04. The van der Waals surface area contributed by atoms with Crippen molar-refractivity contribution in [3.05, 3.63) is 29.8 Å². The minimum Gasteiger partial charge on any atom is -0.394 e. The fourth-order valence-corrected chi connectivity index (χ4v) is 2.25. The van der Waals surface area contributed by atoms with E-state index in [-0.39, 0.29) is 24.7 Å². The van der Waals surface area contributed by atoms with Crippen molar-refractivity contribution in [1.29, 1.82) is 0 Å². The number of nitrogens with one attached hydrogen (secondary N) is 1. The van der Waals surface area contributed by atoms with Gasteiger partial charge in [-0.25, -0.2) is 0 Å². The summed E-state index contributed by atoms with van der Waals surface area (Å²) >= 11 is 0. The summed E-state index contributed by atoms with van der Waals surface area (Å²) < 4.78 is 5.45. The zero-order valence-electron chi connectivity index (χ0n) is 11.3. The van der Waals surface area contributed by atoms with Crippen LogP contribution in [0.4, 0.5) is 5.69 Å². The summed E-state index contributed by atoms with van der Waals surface area (Å²) in [6, 6.07) is 7.44. The molecule has 0 radical (unpaired) electrons. The van der Waals surface area contributed by atoms with Crippen molar-refractivity contribution in [1.82, 2.24) is 4.90 Å². The topological polar surface area (TPSA) is 61.8 Å². The smallest absolute Gasteiger partial charge is 0.256 e. The van der Waals surface area contributed by atoms with Crippen molar-refractivity contribution in [2.45, 2.75) is 19.1 Å². The van der Waals surface area contributed by atoms with Gasteiger partial charge in [-0.3, -0.25) is 4.79 Å². The molecule has 0 aromatic heterocycles. The maximum Gasteiger partial charge on any atom is 0.256 e. The molecule has 0 aliphatic carbocycles. The Morgan fingerprint density at radius 3 is 2.95 bits per heavy atom. The van der Waals surface area contributed by atoms with E-state index in [2.05, 4.69) is 5.32 Å². The van der Waals surface area contributed by atoms with Gasteiger partial charge in [-0.15, -0.1) is 0 Å².